The fourth-order valence-corrected chi connectivity index (χ4v) is 3.97. The van der Waals surface area contributed by atoms with Crippen LogP contribution in [0.5, 0.6) is 0 Å². The van der Waals surface area contributed by atoms with Crippen LogP contribution in [0.15, 0.2) is 32.5 Å². The van der Waals surface area contributed by atoms with Crippen molar-refractivity contribution < 1.29 is 17.6 Å². The number of nitrogens with one attached hydrogen (secondary N) is 1. The van der Waals surface area contributed by atoms with Crippen LogP contribution in [0.2, 0.25) is 0 Å². The number of thiophene rings is 1. The molecule has 0 fully saturated rings. The van der Waals surface area contributed by atoms with Crippen LogP contribution in [-0.2, 0) is 6.18 Å². The minimum absolute atomic E-state index is 0.309. The number of nitrogens with two attached hydrogens (primary N) is 1. The highest BCUT2D eigenvalue weighted by Crippen LogP contribution is 2.38. The van der Waals surface area contributed by atoms with E-state index in [0.717, 1.165) is 19.2 Å². The van der Waals surface area contributed by atoms with Crippen LogP contribution in [-0.4, -0.2) is 0 Å². The van der Waals surface area contributed by atoms with E-state index in [0.29, 0.717) is 11.6 Å². The first-order valence-corrected chi connectivity index (χ1v) is 7.91. The Hall–Kier alpha value is -0.480. The van der Waals surface area contributed by atoms with Crippen LogP contribution in [0.25, 0.3) is 0 Å². The highest BCUT2D eigenvalue weighted by Gasteiger charge is 2.34. The van der Waals surface area contributed by atoms with Crippen molar-refractivity contribution in [2.75, 3.05) is 0 Å². The number of hydrazine groups is 1. The van der Waals surface area contributed by atoms with Gasteiger partial charge in [-0.15, -0.1) is 11.3 Å². The van der Waals surface area contributed by atoms with E-state index in [1.165, 1.54) is 17.4 Å². The van der Waals surface area contributed by atoms with Gasteiger partial charge >= 0.3 is 6.18 Å². The predicted octanol–water partition coefficient (Wildman–Crippen LogP) is 4.98. The maximum atomic E-state index is 13.6. The van der Waals surface area contributed by atoms with Gasteiger partial charge in [0.25, 0.3) is 0 Å². The Morgan fingerprint density at radius 2 is 1.86 bits per heavy atom. The number of alkyl halides is 3. The molecular weight excluding hydrogens is 440 g/mol. The van der Waals surface area contributed by atoms with Gasteiger partial charge in [0.2, 0.25) is 0 Å². The van der Waals surface area contributed by atoms with Gasteiger partial charge in [0, 0.05) is 9.35 Å². The fraction of sp³-hybridized carbons (Fsp3) is 0.167. The largest absolute Gasteiger partial charge is 0.419 e. The number of halogens is 6. The summed E-state index contributed by atoms with van der Waals surface area (Å²) in [6.07, 6.45) is -4.72. The molecule has 114 valence electrons. The molecule has 0 spiro atoms. The van der Waals surface area contributed by atoms with E-state index in [4.69, 9.17) is 5.84 Å². The Bertz CT molecular complexity index is 638. The molecule has 2 rings (SSSR count). The van der Waals surface area contributed by atoms with Crippen LogP contribution in [0.3, 0.4) is 0 Å². The fourth-order valence-electron chi connectivity index (χ4n) is 1.79. The molecule has 1 atom stereocenters. The maximum absolute atomic E-state index is 13.6. The van der Waals surface area contributed by atoms with E-state index in [-0.39, 0.29) is 0 Å². The average Bonchev–Trinajstić information content (AvgIpc) is 2.68. The minimum Gasteiger partial charge on any atom is -0.271 e. The molecule has 0 amide bonds. The molecule has 0 saturated carbocycles. The summed E-state index contributed by atoms with van der Waals surface area (Å²) in [7, 11) is 0. The van der Waals surface area contributed by atoms with E-state index >= 15 is 0 Å². The van der Waals surface area contributed by atoms with Gasteiger partial charge in [0.1, 0.15) is 5.82 Å². The maximum Gasteiger partial charge on any atom is 0.419 e. The van der Waals surface area contributed by atoms with E-state index in [9.17, 15) is 17.6 Å². The van der Waals surface area contributed by atoms with Gasteiger partial charge in [0.15, 0.2) is 0 Å². The van der Waals surface area contributed by atoms with E-state index in [1.54, 1.807) is 6.07 Å². The third-order valence-electron chi connectivity index (χ3n) is 2.75. The Kier molecular flexibility index (Phi) is 5.09. The van der Waals surface area contributed by atoms with E-state index < -0.39 is 23.6 Å². The zero-order chi connectivity index (χ0) is 15.8. The number of benzene rings is 1. The van der Waals surface area contributed by atoms with Crippen LogP contribution < -0.4 is 11.3 Å². The van der Waals surface area contributed by atoms with Crippen LogP contribution in [0.1, 0.15) is 22.0 Å². The van der Waals surface area contributed by atoms with Gasteiger partial charge in [-0.25, -0.2) is 9.82 Å². The Morgan fingerprint density at radius 1 is 1.19 bits per heavy atom. The van der Waals surface area contributed by atoms with Crippen molar-refractivity contribution in [3.05, 3.63) is 54.3 Å². The van der Waals surface area contributed by atoms with Crippen molar-refractivity contribution in [3.8, 4) is 0 Å². The second kappa shape index (κ2) is 6.33. The first-order chi connectivity index (χ1) is 9.74. The summed E-state index contributed by atoms with van der Waals surface area (Å²) in [5.41, 5.74) is 1.50. The van der Waals surface area contributed by atoms with Crippen molar-refractivity contribution >= 4 is 43.2 Å². The first-order valence-electron chi connectivity index (χ1n) is 5.51. The van der Waals surface area contributed by atoms with Gasteiger partial charge in [-0.05, 0) is 55.6 Å². The summed E-state index contributed by atoms with van der Waals surface area (Å²) in [5.74, 6) is 4.13. The van der Waals surface area contributed by atoms with Gasteiger partial charge in [-0.3, -0.25) is 5.84 Å². The summed E-state index contributed by atoms with van der Waals surface area (Å²) in [5, 5.41) is 0. The molecule has 0 saturated heterocycles. The quantitative estimate of drug-likeness (QED) is 0.395. The van der Waals surface area contributed by atoms with Crippen molar-refractivity contribution in [2.24, 2.45) is 5.84 Å². The Balaban J connectivity index is 2.42. The minimum atomic E-state index is -4.72. The normalized spacial score (nSPS) is 13.5. The number of hydrogen-bond acceptors (Lipinski definition) is 3. The summed E-state index contributed by atoms with van der Waals surface area (Å²) in [6, 6.07) is 3.92. The highest BCUT2D eigenvalue weighted by molar-refractivity contribution is 9.13. The van der Waals surface area contributed by atoms with Gasteiger partial charge in [-0.2, -0.15) is 13.2 Å². The first kappa shape index (κ1) is 16.9. The lowest BCUT2D eigenvalue weighted by Gasteiger charge is -2.16. The van der Waals surface area contributed by atoms with E-state index in [1.807, 2.05) is 0 Å². The lowest BCUT2D eigenvalue weighted by molar-refractivity contribution is -0.140. The SMILES string of the molecule is NNC(c1ccc(C(F)(F)F)c(F)c1)c1cc(Br)c(Br)s1. The van der Waals surface area contributed by atoms with Crippen molar-refractivity contribution in [3.63, 3.8) is 0 Å². The third kappa shape index (κ3) is 3.65. The number of rotatable bonds is 3. The molecule has 1 aromatic carbocycles. The molecule has 0 bridgehead atoms. The van der Waals surface area contributed by atoms with Crippen molar-refractivity contribution in [1.29, 1.82) is 0 Å². The van der Waals surface area contributed by atoms with Crippen molar-refractivity contribution in [2.45, 2.75) is 12.2 Å². The zero-order valence-electron chi connectivity index (χ0n) is 10.1. The average molecular weight is 448 g/mol. The number of hydrogen-bond donors (Lipinski definition) is 2. The second-order valence-electron chi connectivity index (χ2n) is 4.11. The summed E-state index contributed by atoms with van der Waals surface area (Å²) < 4.78 is 52.9. The summed E-state index contributed by atoms with van der Waals surface area (Å²) >= 11 is 7.97. The third-order valence-corrected chi connectivity index (χ3v) is 6.07. The van der Waals surface area contributed by atoms with Crippen LogP contribution >= 0.6 is 43.2 Å². The van der Waals surface area contributed by atoms with Gasteiger partial charge in [-0.1, -0.05) is 6.07 Å². The molecule has 0 aliphatic carbocycles. The summed E-state index contributed by atoms with van der Waals surface area (Å²) in [4.78, 5) is 0.732. The topological polar surface area (TPSA) is 38.0 Å². The molecular formula is C12H8Br2F4N2S. The molecule has 21 heavy (non-hydrogen) atoms. The smallest absolute Gasteiger partial charge is 0.271 e. The molecule has 0 radical (unpaired) electrons. The summed E-state index contributed by atoms with van der Waals surface area (Å²) in [6.45, 7) is 0. The van der Waals surface area contributed by atoms with Crippen LogP contribution in [0, 0.1) is 5.82 Å². The second-order valence-corrected chi connectivity index (χ2v) is 7.36. The molecule has 1 unspecified atom stereocenters. The Labute approximate surface area is 138 Å². The Morgan fingerprint density at radius 3 is 2.29 bits per heavy atom. The predicted molar refractivity (Wildman–Crippen MR) is 80.3 cm³/mol. The van der Waals surface area contributed by atoms with Gasteiger partial charge < -0.3 is 0 Å². The lowest BCUT2D eigenvalue weighted by Crippen LogP contribution is -2.28. The molecule has 0 aliphatic heterocycles. The lowest BCUT2D eigenvalue weighted by atomic mass is 10.0. The molecule has 0 aliphatic rings. The molecule has 1 aromatic heterocycles. The van der Waals surface area contributed by atoms with E-state index in [2.05, 4.69) is 37.3 Å². The van der Waals surface area contributed by atoms with Crippen LogP contribution in [0.4, 0.5) is 17.6 Å². The highest BCUT2D eigenvalue weighted by atomic mass is 79.9. The van der Waals surface area contributed by atoms with Gasteiger partial charge in [0.05, 0.1) is 15.4 Å². The monoisotopic (exact) mass is 446 g/mol. The molecule has 9 heteroatoms. The zero-order valence-corrected chi connectivity index (χ0v) is 14.1. The molecule has 1 heterocycles. The molecule has 2 nitrogen and oxygen atoms in total. The standard InChI is InChI=1S/C12H8Br2F4N2S/c13-7-4-9(21-11(7)14)10(20-19)5-1-2-6(8(15)3-5)12(16,17)18/h1-4,10,20H,19H2. The molecule has 3 N–H and O–H groups in total. The van der Waals surface area contributed by atoms with Crippen molar-refractivity contribution in [1.82, 2.24) is 5.43 Å². The molecule has 2 aromatic rings.